The average molecular weight is 323 g/mol. The molecule has 1 heterocycles. The van der Waals surface area contributed by atoms with Gasteiger partial charge in [0.1, 0.15) is 5.75 Å². The van der Waals surface area contributed by atoms with E-state index < -0.39 is 11.7 Å². The van der Waals surface area contributed by atoms with Crippen LogP contribution in [0.2, 0.25) is 0 Å². The molecule has 1 aromatic rings. The lowest BCUT2D eigenvalue weighted by Gasteiger charge is -2.15. The van der Waals surface area contributed by atoms with Gasteiger partial charge < -0.3 is 9.47 Å². The molecular weight excluding hydrogens is 305 g/mol. The molecule has 1 aliphatic heterocycles. The van der Waals surface area contributed by atoms with Crippen LogP contribution in [0.25, 0.3) is 0 Å². The summed E-state index contributed by atoms with van der Waals surface area (Å²) in [5, 5.41) is 0. The zero-order chi connectivity index (χ0) is 15.3. The quantitative estimate of drug-likeness (QED) is 0.554. The third kappa shape index (κ3) is 4.78. The topological polar surface area (TPSA) is 18.5 Å². The second-order valence-corrected chi connectivity index (χ2v) is 5.35. The number of benzene rings is 1. The van der Waals surface area contributed by atoms with Crippen LogP contribution >= 0.6 is 11.6 Å². The molecule has 0 saturated carbocycles. The van der Waals surface area contributed by atoms with Gasteiger partial charge in [-0.1, -0.05) is 6.07 Å². The first-order chi connectivity index (χ1) is 10.0. The van der Waals surface area contributed by atoms with Crippen LogP contribution in [-0.2, 0) is 16.8 Å². The van der Waals surface area contributed by atoms with E-state index in [9.17, 15) is 13.2 Å². The van der Waals surface area contributed by atoms with Crippen molar-refractivity contribution in [2.24, 2.45) is 0 Å². The predicted octanol–water partition coefficient (Wildman–Crippen LogP) is 4.78. The van der Waals surface area contributed by atoms with Crippen LogP contribution in [0.4, 0.5) is 13.2 Å². The molecule has 2 rings (SSSR count). The van der Waals surface area contributed by atoms with E-state index in [1.807, 2.05) is 0 Å². The van der Waals surface area contributed by atoms with Crippen LogP contribution in [0.1, 0.15) is 36.8 Å². The zero-order valence-electron chi connectivity index (χ0n) is 11.6. The maximum Gasteiger partial charge on any atom is 0.419 e. The summed E-state index contributed by atoms with van der Waals surface area (Å²) >= 11 is 5.58. The third-order valence-corrected chi connectivity index (χ3v) is 3.76. The van der Waals surface area contributed by atoms with Gasteiger partial charge in [0.25, 0.3) is 0 Å². The highest BCUT2D eigenvalue weighted by Crippen LogP contribution is 2.37. The molecule has 0 aromatic heterocycles. The second-order valence-electron chi connectivity index (χ2n) is 5.09. The molecule has 21 heavy (non-hydrogen) atoms. The largest absolute Gasteiger partial charge is 0.493 e. The molecule has 0 amide bonds. The first-order valence-corrected chi connectivity index (χ1v) is 7.54. The fourth-order valence-electron chi connectivity index (χ4n) is 2.37. The third-order valence-electron chi connectivity index (χ3n) is 3.46. The number of rotatable bonds is 6. The van der Waals surface area contributed by atoms with E-state index in [1.54, 1.807) is 6.07 Å². The molecule has 1 aromatic carbocycles. The van der Waals surface area contributed by atoms with Crippen LogP contribution < -0.4 is 4.74 Å². The fraction of sp³-hybridized carbons (Fsp3) is 0.600. The highest BCUT2D eigenvalue weighted by molar-refractivity contribution is 6.17. The molecule has 0 N–H and O–H groups in total. The molecule has 0 radical (unpaired) electrons. The lowest BCUT2D eigenvalue weighted by Crippen LogP contribution is -2.11. The Hall–Kier alpha value is -0.940. The maximum atomic E-state index is 13.0. The molecule has 2 nitrogen and oxygen atoms in total. The molecule has 1 atom stereocenters. The van der Waals surface area contributed by atoms with Crippen LogP contribution in [0.15, 0.2) is 18.2 Å². The van der Waals surface area contributed by atoms with Crippen molar-refractivity contribution in [3.05, 3.63) is 29.3 Å². The summed E-state index contributed by atoms with van der Waals surface area (Å²) in [7, 11) is 0. The second kappa shape index (κ2) is 7.36. The number of hydrogen-bond acceptors (Lipinski definition) is 2. The minimum atomic E-state index is -4.44. The summed E-state index contributed by atoms with van der Waals surface area (Å²) in [5.74, 6) is -0.0914. The standard InChI is InChI=1S/C15H18ClF3O2/c16-10-11-5-6-14(13(9-11)15(17,18)19)21-8-2-4-12-3-1-7-20-12/h5-6,9,12H,1-4,7-8,10H2. The molecule has 0 spiro atoms. The summed E-state index contributed by atoms with van der Waals surface area (Å²) in [6.07, 6.45) is -0.622. The Morgan fingerprint density at radius 1 is 1.33 bits per heavy atom. The summed E-state index contributed by atoms with van der Waals surface area (Å²) in [6.45, 7) is 1.03. The number of hydrogen-bond donors (Lipinski definition) is 0. The van der Waals surface area contributed by atoms with E-state index in [-0.39, 0.29) is 24.3 Å². The molecule has 118 valence electrons. The van der Waals surface area contributed by atoms with Crippen molar-refractivity contribution in [3.63, 3.8) is 0 Å². The lowest BCUT2D eigenvalue weighted by atomic mass is 10.1. The van der Waals surface area contributed by atoms with E-state index in [1.165, 1.54) is 6.07 Å². The van der Waals surface area contributed by atoms with Crippen LogP contribution in [0.5, 0.6) is 5.75 Å². The summed E-state index contributed by atoms with van der Waals surface area (Å²) in [4.78, 5) is 0. The lowest BCUT2D eigenvalue weighted by molar-refractivity contribution is -0.139. The van der Waals surface area contributed by atoms with Crippen molar-refractivity contribution >= 4 is 11.6 Å². The van der Waals surface area contributed by atoms with Gasteiger partial charge in [0, 0.05) is 12.5 Å². The molecule has 1 saturated heterocycles. The van der Waals surface area contributed by atoms with E-state index in [4.69, 9.17) is 21.1 Å². The smallest absolute Gasteiger partial charge is 0.419 e. The maximum absolute atomic E-state index is 13.0. The van der Waals surface area contributed by atoms with Gasteiger partial charge in [-0.3, -0.25) is 0 Å². The van der Waals surface area contributed by atoms with E-state index in [0.717, 1.165) is 31.9 Å². The summed E-state index contributed by atoms with van der Waals surface area (Å²) < 4.78 is 49.7. The Bertz CT molecular complexity index is 457. The first-order valence-electron chi connectivity index (χ1n) is 7.01. The van der Waals surface area contributed by atoms with E-state index >= 15 is 0 Å². The number of halogens is 4. The molecule has 1 unspecified atom stereocenters. The fourth-order valence-corrected chi connectivity index (χ4v) is 2.54. The van der Waals surface area contributed by atoms with Gasteiger partial charge in [-0.25, -0.2) is 0 Å². The van der Waals surface area contributed by atoms with Crippen molar-refractivity contribution < 1.29 is 22.6 Å². The highest BCUT2D eigenvalue weighted by atomic mass is 35.5. The predicted molar refractivity (Wildman–Crippen MR) is 74.7 cm³/mol. The van der Waals surface area contributed by atoms with Crippen LogP contribution in [0, 0.1) is 0 Å². The Balaban J connectivity index is 1.92. The minimum Gasteiger partial charge on any atom is -0.493 e. The average Bonchev–Trinajstić information content (AvgIpc) is 2.96. The Morgan fingerprint density at radius 3 is 2.76 bits per heavy atom. The zero-order valence-corrected chi connectivity index (χ0v) is 12.3. The SMILES string of the molecule is FC(F)(F)c1cc(CCl)ccc1OCCCC1CCCO1. The first kappa shape index (κ1) is 16.4. The van der Waals surface area contributed by atoms with Gasteiger partial charge in [-0.15, -0.1) is 11.6 Å². The molecule has 1 fully saturated rings. The van der Waals surface area contributed by atoms with Gasteiger partial charge in [0.05, 0.1) is 18.3 Å². The summed E-state index contributed by atoms with van der Waals surface area (Å²) in [5.41, 5.74) is -0.339. The molecule has 0 bridgehead atoms. The van der Waals surface area contributed by atoms with Crippen LogP contribution in [-0.4, -0.2) is 19.3 Å². The van der Waals surface area contributed by atoms with Gasteiger partial charge in [0.2, 0.25) is 0 Å². The Morgan fingerprint density at radius 2 is 2.14 bits per heavy atom. The number of ether oxygens (including phenoxy) is 2. The van der Waals surface area contributed by atoms with Gasteiger partial charge >= 0.3 is 6.18 Å². The van der Waals surface area contributed by atoms with Crippen molar-refractivity contribution in [2.75, 3.05) is 13.2 Å². The normalized spacial score (nSPS) is 19.0. The van der Waals surface area contributed by atoms with Gasteiger partial charge in [-0.2, -0.15) is 13.2 Å². The van der Waals surface area contributed by atoms with Crippen molar-refractivity contribution in [1.82, 2.24) is 0 Å². The van der Waals surface area contributed by atoms with Crippen molar-refractivity contribution in [2.45, 2.75) is 43.8 Å². The van der Waals surface area contributed by atoms with Crippen LogP contribution in [0.3, 0.4) is 0 Å². The number of alkyl halides is 4. The van der Waals surface area contributed by atoms with E-state index in [2.05, 4.69) is 0 Å². The van der Waals surface area contributed by atoms with Gasteiger partial charge in [0.15, 0.2) is 0 Å². The van der Waals surface area contributed by atoms with E-state index in [0.29, 0.717) is 12.0 Å². The summed E-state index contributed by atoms with van der Waals surface area (Å²) in [6, 6.07) is 3.94. The van der Waals surface area contributed by atoms with Gasteiger partial charge in [-0.05, 0) is 43.4 Å². The minimum absolute atomic E-state index is 0.0440. The highest BCUT2D eigenvalue weighted by Gasteiger charge is 2.34. The Labute approximate surface area is 127 Å². The molecule has 1 aliphatic rings. The molecule has 6 heteroatoms. The Kier molecular flexibility index (Phi) is 5.76. The van der Waals surface area contributed by atoms with Crippen molar-refractivity contribution in [3.8, 4) is 5.75 Å². The molecular formula is C15H18ClF3O2. The monoisotopic (exact) mass is 322 g/mol. The molecule has 0 aliphatic carbocycles. The van der Waals surface area contributed by atoms with Crippen molar-refractivity contribution in [1.29, 1.82) is 0 Å².